The molecule has 5 heteroatoms. The fourth-order valence-corrected chi connectivity index (χ4v) is 1.73. The van der Waals surface area contributed by atoms with Gasteiger partial charge in [-0.05, 0) is 18.6 Å². The fourth-order valence-electron chi connectivity index (χ4n) is 1.73. The largest absolute Gasteiger partial charge is 0.443 e. The SMILES string of the molecule is CCC(C#N)C(=O)N(C)c1ccc2ncoc2c1. The van der Waals surface area contributed by atoms with Gasteiger partial charge in [-0.15, -0.1) is 0 Å². The number of fused-ring (bicyclic) bond motifs is 1. The maximum atomic E-state index is 12.0. The number of aromatic nitrogens is 1. The van der Waals surface area contributed by atoms with Gasteiger partial charge in [-0.25, -0.2) is 4.98 Å². The summed E-state index contributed by atoms with van der Waals surface area (Å²) < 4.78 is 5.19. The highest BCUT2D eigenvalue weighted by atomic mass is 16.3. The summed E-state index contributed by atoms with van der Waals surface area (Å²) in [7, 11) is 1.65. The predicted octanol–water partition coefficient (Wildman–Crippen LogP) is 2.34. The number of carbonyl (C=O) groups excluding carboxylic acids is 1. The second-order valence-corrected chi connectivity index (χ2v) is 3.99. The number of amides is 1. The standard InChI is InChI=1S/C13H13N3O2/c1-3-9(7-14)13(17)16(2)10-4-5-11-12(6-10)18-8-15-11/h4-6,8-9H,3H2,1-2H3. The van der Waals surface area contributed by atoms with E-state index in [1.54, 1.807) is 25.2 Å². The van der Waals surface area contributed by atoms with Gasteiger partial charge in [0.1, 0.15) is 11.4 Å². The number of nitriles is 1. The van der Waals surface area contributed by atoms with Gasteiger partial charge in [-0.2, -0.15) is 5.26 Å². The van der Waals surface area contributed by atoms with Crippen LogP contribution in [-0.2, 0) is 4.79 Å². The van der Waals surface area contributed by atoms with Gasteiger partial charge in [0.05, 0.1) is 6.07 Å². The van der Waals surface area contributed by atoms with Crippen molar-refractivity contribution in [3.8, 4) is 6.07 Å². The van der Waals surface area contributed by atoms with Crippen LogP contribution in [0.25, 0.3) is 11.1 Å². The Morgan fingerprint density at radius 1 is 1.61 bits per heavy atom. The van der Waals surface area contributed by atoms with Gasteiger partial charge in [-0.1, -0.05) is 6.92 Å². The molecular formula is C13H13N3O2. The van der Waals surface area contributed by atoms with E-state index in [9.17, 15) is 4.79 Å². The molecule has 0 aliphatic rings. The van der Waals surface area contributed by atoms with Crippen LogP contribution in [0, 0.1) is 17.2 Å². The van der Waals surface area contributed by atoms with Gasteiger partial charge < -0.3 is 9.32 Å². The van der Waals surface area contributed by atoms with Gasteiger partial charge >= 0.3 is 0 Å². The van der Waals surface area contributed by atoms with Gasteiger partial charge in [0, 0.05) is 18.8 Å². The van der Waals surface area contributed by atoms with Crippen LogP contribution in [-0.4, -0.2) is 17.9 Å². The summed E-state index contributed by atoms with van der Waals surface area (Å²) in [6, 6.07) is 7.32. The molecule has 0 aliphatic carbocycles. The molecule has 2 aromatic rings. The van der Waals surface area contributed by atoms with Crippen molar-refractivity contribution in [1.29, 1.82) is 5.26 Å². The molecule has 18 heavy (non-hydrogen) atoms. The number of nitrogens with zero attached hydrogens (tertiary/aromatic N) is 3. The Hall–Kier alpha value is -2.35. The number of hydrogen-bond acceptors (Lipinski definition) is 4. The van der Waals surface area contributed by atoms with E-state index in [1.807, 2.05) is 13.0 Å². The molecule has 1 amide bonds. The summed E-state index contributed by atoms with van der Waals surface area (Å²) in [6.07, 6.45) is 1.87. The van der Waals surface area contributed by atoms with E-state index in [0.717, 1.165) is 5.52 Å². The summed E-state index contributed by atoms with van der Waals surface area (Å²) in [5.74, 6) is -0.820. The molecular weight excluding hydrogens is 230 g/mol. The monoisotopic (exact) mass is 243 g/mol. The highest BCUT2D eigenvalue weighted by Crippen LogP contribution is 2.22. The Balaban J connectivity index is 2.30. The lowest BCUT2D eigenvalue weighted by atomic mass is 10.1. The number of rotatable bonds is 3. The van der Waals surface area contributed by atoms with E-state index >= 15 is 0 Å². The lowest BCUT2D eigenvalue weighted by Crippen LogP contribution is -2.31. The second kappa shape index (κ2) is 4.88. The van der Waals surface area contributed by atoms with E-state index in [4.69, 9.17) is 9.68 Å². The predicted molar refractivity (Wildman–Crippen MR) is 66.8 cm³/mol. The number of benzene rings is 1. The molecule has 1 heterocycles. The minimum absolute atomic E-state index is 0.209. The minimum atomic E-state index is -0.611. The number of hydrogen-bond donors (Lipinski definition) is 0. The lowest BCUT2D eigenvalue weighted by molar-refractivity contribution is -0.120. The van der Waals surface area contributed by atoms with Crippen LogP contribution in [0.4, 0.5) is 5.69 Å². The molecule has 0 N–H and O–H groups in total. The van der Waals surface area contributed by atoms with Crippen LogP contribution in [0.3, 0.4) is 0 Å². The van der Waals surface area contributed by atoms with E-state index in [1.165, 1.54) is 11.3 Å². The molecule has 0 aliphatic heterocycles. The van der Waals surface area contributed by atoms with Crippen LogP contribution in [0.2, 0.25) is 0 Å². The number of anilines is 1. The third-order valence-corrected chi connectivity index (χ3v) is 2.89. The number of carbonyl (C=O) groups is 1. The summed E-state index contributed by atoms with van der Waals surface area (Å²) in [4.78, 5) is 17.5. The van der Waals surface area contributed by atoms with Crippen LogP contribution in [0.5, 0.6) is 0 Å². The van der Waals surface area contributed by atoms with Crippen LogP contribution >= 0.6 is 0 Å². The zero-order chi connectivity index (χ0) is 13.1. The van der Waals surface area contributed by atoms with Gasteiger partial charge in [-0.3, -0.25) is 4.79 Å². The average Bonchev–Trinajstić information content (AvgIpc) is 2.86. The van der Waals surface area contributed by atoms with E-state index in [0.29, 0.717) is 17.7 Å². The molecule has 1 aromatic carbocycles. The van der Waals surface area contributed by atoms with E-state index in [2.05, 4.69) is 4.98 Å². The lowest BCUT2D eigenvalue weighted by Gasteiger charge is -2.19. The maximum absolute atomic E-state index is 12.0. The van der Waals surface area contributed by atoms with Crippen LogP contribution < -0.4 is 4.90 Å². The normalized spacial score (nSPS) is 12.1. The molecule has 1 atom stereocenters. The van der Waals surface area contributed by atoms with Gasteiger partial charge in [0.25, 0.3) is 0 Å². The molecule has 0 saturated carbocycles. The molecule has 0 radical (unpaired) electrons. The Labute approximate surface area is 105 Å². The fraction of sp³-hybridized carbons (Fsp3) is 0.308. The Bertz CT molecular complexity index is 612. The van der Waals surface area contributed by atoms with Crippen molar-refractivity contribution in [2.24, 2.45) is 5.92 Å². The molecule has 1 aromatic heterocycles. The molecule has 0 saturated heterocycles. The highest BCUT2D eigenvalue weighted by Gasteiger charge is 2.21. The van der Waals surface area contributed by atoms with Crippen molar-refractivity contribution in [3.05, 3.63) is 24.6 Å². The first-order valence-electron chi connectivity index (χ1n) is 5.67. The quantitative estimate of drug-likeness (QED) is 0.829. The van der Waals surface area contributed by atoms with Crippen LogP contribution in [0.15, 0.2) is 29.0 Å². The van der Waals surface area contributed by atoms with Gasteiger partial charge in [0.2, 0.25) is 5.91 Å². The Morgan fingerprint density at radius 3 is 3.06 bits per heavy atom. The first kappa shape index (κ1) is 12.1. The third-order valence-electron chi connectivity index (χ3n) is 2.89. The van der Waals surface area contributed by atoms with Crippen LogP contribution in [0.1, 0.15) is 13.3 Å². The zero-order valence-electron chi connectivity index (χ0n) is 10.3. The smallest absolute Gasteiger partial charge is 0.244 e. The average molecular weight is 243 g/mol. The molecule has 2 rings (SSSR count). The summed E-state index contributed by atoms with van der Waals surface area (Å²) in [5.41, 5.74) is 2.06. The number of oxazole rings is 1. The second-order valence-electron chi connectivity index (χ2n) is 3.99. The Morgan fingerprint density at radius 2 is 2.39 bits per heavy atom. The first-order chi connectivity index (χ1) is 8.67. The third kappa shape index (κ3) is 2.05. The summed E-state index contributed by atoms with van der Waals surface area (Å²) in [6.45, 7) is 1.82. The van der Waals surface area contributed by atoms with Crippen molar-refractivity contribution in [2.45, 2.75) is 13.3 Å². The summed E-state index contributed by atoms with van der Waals surface area (Å²) in [5, 5.41) is 8.90. The maximum Gasteiger partial charge on any atom is 0.244 e. The molecule has 0 fully saturated rings. The van der Waals surface area contributed by atoms with Crippen molar-refractivity contribution in [3.63, 3.8) is 0 Å². The molecule has 1 unspecified atom stereocenters. The van der Waals surface area contributed by atoms with E-state index < -0.39 is 5.92 Å². The summed E-state index contributed by atoms with van der Waals surface area (Å²) >= 11 is 0. The topological polar surface area (TPSA) is 70.1 Å². The molecule has 5 nitrogen and oxygen atoms in total. The van der Waals surface area contributed by atoms with Crippen molar-refractivity contribution >= 4 is 22.7 Å². The van der Waals surface area contributed by atoms with Crippen molar-refractivity contribution in [1.82, 2.24) is 4.98 Å². The molecule has 0 bridgehead atoms. The van der Waals surface area contributed by atoms with E-state index in [-0.39, 0.29) is 5.91 Å². The first-order valence-corrected chi connectivity index (χ1v) is 5.67. The van der Waals surface area contributed by atoms with Gasteiger partial charge in [0.15, 0.2) is 12.0 Å². The van der Waals surface area contributed by atoms with Crippen molar-refractivity contribution in [2.75, 3.05) is 11.9 Å². The molecule has 92 valence electrons. The Kier molecular flexibility index (Phi) is 3.28. The highest BCUT2D eigenvalue weighted by molar-refractivity contribution is 5.97. The minimum Gasteiger partial charge on any atom is -0.443 e. The molecule has 0 spiro atoms. The van der Waals surface area contributed by atoms with Crippen molar-refractivity contribution < 1.29 is 9.21 Å². The zero-order valence-corrected chi connectivity index (χ0v) is 10.3.